The molecular weight excluding hydrogens is 485 g/mol. The van der Waals surface area contributed by atoms with Gasteiger partial charge in [-0.3, -0.25) is 9.89 Å². The lowest BCUT2D eigenvalue weighted by Crippen LogP contribution is -2.36. The third-order valence-corrected chi connectivity index (χ3v) is 5.60. The van der Waals surface area contributed by atoms with Gasteiger partial charge in [0.2, 0.25) is 0 Å². The average molecular weight is 521 g/mol. The highest BCUT2D eigenvalue weighted by Crippen LogP contribution is 2.17. The van der Waals surface area contributed by atoms with Crippen LogP contribution in [0, 0.1) is 6.92 Å². The van der Waals surface area contributed by atoms with Gasteiger partial charge in [0, 0.05) is 46.5 Å². The van der Waals surface area contributed by atoms with Crippen LogP contribution in [0.3, 0.4) is 0 Å². The maximum atomic E-state index is 4.36. The van der Waals surface area contributed by atoms with Crippen LogP contribution in [-0.4, -0.2) is 45.1 Å². The van der Waals surface area contributed by atoms with E-state index in [1.165, 1.54) is 53.9 Å². The predicted molar refractivity (Wildman–Crippen MR) is 139 cm³/mol. The number of likely N-dealkylation sites (tertiary alicyclic amines) is 1. The summed E-state index contributed by atoms with van der Waals surface area (Å²) in [6.07, 6.45) is 2.68. The van der Waals surface area contributed by atoms with Crippen LogP contribution in [0.2, 0.25) is 0 Å². The van der Waals surface area contributed by atoms with Crippen LogP contribution in [0.1, 0.15) is 35.1 Å². The van der Waals surface area contributed by atoms with Crippen LogP contribution in [0.15, 0.2) is 47.5 Å². The molecule has 1 aliphatic rings. The molecule has 1 saturated heterocycles. The Hall–Kier alpha value is -1.80. The van der Waals surface area contributed by atoms with Gasteiger partial charge in [-0.15, -0.1) is 24.0 Å². The molecule has 2 aromatic carbocycles. The van der Waals surface area contributed by atoms with Crippen molar-refractivity contribution in [3.05, 3.63) is 64.7 Å². The Morgan fingerprint density at radius 2 is 1.60 bits per heavy atom. The lowest BCUT2D eigenvalue weighted by molar-refractivity contribution is 0.331. The first-order valence-corrected chi connectivity index (χ1v) is 10.6. The third kappa shape index (κ3) is 7.16. The first-order valence-electron chi connectivity index (χ1n) is 10.6. The molecular formula is C24H36IN5. The Labute approximate surface area is 199 Å². The van der Waals surface area contributed by atoms with Crippen LogP contribution in [0.5, 0.6) is 0 Å². The summed E-state index contributed by atoms with van der Waals surface area (Å²) in [5.74, 6) is 0.822. The lowest BCUT2D eigenvalue weighted by Gasteiger charge is -2.17. The molecule has 164 valence electrons. The second kappa shape index (κ2) is 12.2. The normalized spacial score (nSPS) is 14.3. The zero-order valence-electron chi connectivity index (χ0n) is 18.7. The maximum absolute atomic E-state index is 4.36. The molecule has 0 atom stereocenters. The Morgan fingerprint density at radius 3 is 2.20 bits per heavy atom. The number of nitrogens with one attached hydrogen (secondary N) is 2. The number of aliphatic imine (C=N–C) groups is 1. The van der Waals surface area contributed by atoms with Gasteiger partial charge in [0.05, 0.1) is 0 Å². The number of halogens is 1. The zero-order valence-corrected chi connectivity index (χ0v) is 21.1. The van der Waals surface area contributed by atoms with Crippen molar-refractivity contribution in [2.24, 2.45) is 4.99 Å². The van der Waals surface area contributed by atoms with E-state index in [1.807, 2.05) is 7.05 Å². The van der Waals surface area contributed by atoms with Crippen molar-refractivity contribution < 1.29 is 0 Å². The highest BCUT2D eigenvalue weighted by molar-refractivity contribution is 14.0. The van der Waals surface area contributed by atoms with Gasteiger partial charge in [-0.2, -0.15) is 0 Å². The van der Waals surface area contributed by atoms with E-state index in [2.05, 4.69) is 88.9 Å². The molecule has 1 aliphatic heterocycles. The van der Waals surface area contributed by atoms with Crippen molar-refractivity contribution >= 4 is 35.6 Å². The number of rotatable bonds is 7. The minimum absolute atomic E-state index is 0. The van der Waals surface area contributed by atoms with Crippen molar-refractivity contribution in [2.75, 3.05) is 39.1 Å². The number of hydrogen-bond donors (Lipinski definition) is 2. The summed E-state index contributed by atoms with van der Waals surface area (Å²) < 4.78 is 0. The minimum atomic E-state index is 0. The van der Waals surface area contributed by atoms with E-state index in [4.69, 9.17) is 0 Å². The van der Waals surface area contributed by atoms with E-state index >= 15 is 0 Å². The number of nitrogens with zero attached hydrogens (tertiary/aromatic N) is 3. The second-order valence-corrected chi connectivity index (χ2v) is 8.08. The van der Waals surface area contributed by atoms with Crippen molar-refractivity contribution in [1.82, 2.24) is 15.5 Å². The molecule has 6 heteroatoms. The fraction of sp³-hybridized carbons (Fsp3) is 0.458. The Kier molecular flexibility index (Phi) is 9.91. The topological polar surface area (TPSA) is 42.9 Å². The Balaban J connectivity index is 0.00000320. The predicted octanol–water partition coefficient (Wildman–Crippen LogP) is 4.14. The number of hydrogen-bond acceptors (Lipinski definition) is 3. The molecule has 5 nitrogen and oxygen atoms in total. The first-order chi connectivity index (χ1) is 14.0. The van der Waals surface area contributed by atoms with Gasteiger partial charge < -0.3 is 15.5 Å². The van der Waals surface area contributed by atoms with Gasteiger partial charge in [-0.1, -0.05) is 30.3 Å². The molecule has 0 unspecified atom stereocenters. The molecule has 1 fully saturated rings. The number of aryl methyl sites for hydroxylation is 1. The highest BCUT2D eigenvalue weighted by atomic mass is 127. The molecule has 30 heavy (non-hydrogen) atoms. The Bertz CT molecular complexity index is 811. The number of guanidine groups is 1. The summed E-state index contributed by atoms with van der Waals surface area (Å²) in [4.78, 5) is 9.02. The molecule has 0 aliphatic carbocycles. The van der Waals surface area contributed by atoms with Gasteiger partial charge in [0.15, 0.2) is 5.96 Å². The van der Waals surface area contributed by atoms with E-state index in [-0.39, 0.29) is 24.0 Å². The smallest absolute Gasteiger partial charge is 0.191 e. The largest absolute Gasteiger partial charge is 0.378 e. The lowest BCUT2D eigenvalue weighted by atomic mass is 10.1. The molecule has 0 amide bonds. The van der Waals surface area contributed by atoms with Gasteiger partial charge in [0.25, 0.3) is 0 Å². The summed E-state index contributed by atoms with van der Waals surface area (Å²) >= 11 is 0. The van der Waals surface area contributed by atoms with Crippen molar-refractivity contribution in [1.29, 1.82) is 0 Å². The van der Waals surface area contributed by atoms with Crippen molar-refractivity contribution in [2.45, 2.75) is 39.4 Å². The SMILES string of the molecule is CN=C(NCc1ccc(CN2CCCC2)cc1)NCc1ccc(N(C)C)cc1C.I. The van der Waals surface area contributed by atoms with Crippen molar-refractivity contribution in [3.8, 4) is 0 Å². The zero-order chi connectivity index (χ0) is 20.6. The van der Waals surface area contributed by atoms with E-state index < -0.39 is 0 Å². The van der Waals surface area contributed by atoms with E-state index in [9.17, 15) is 0 Å². The van der Waals surface area contributed by atoms with Gasteiger partial charge in [-0.25, -0.2) is 0 Å². The van der Waals surface area contributed by atoms with E-state index in [1.54, 1.807) is 0 Å². The maximum Gasteiger partial charge on any atom is 0.191 e. The summed E-state index contributed by atoms with van der Waals surface area (Å²) in [6, 6.07) is 15.5. The van der Waals surface area contributed by atoms with E-state index in [0.29, 0.717) is 0 Å². The standard InChI is InChI=1S/C24H35N5.HI/c1-19-15-23(28(3)4)12-11-22(19)17-27-24(25-2)26-16-20-7-9-21(10-8-20)18-29-13-5-6-14-29;/h7-12,15H,5-6,13-14,16-18H2,1-4H3,(H2,25,26,27);1H. The minimum Gasteiger partial charge on any atom is -0.378 e. The van der Waals surface area contributed by atoms with Gasteiger partial charge in [0.1, 0.15) is 0 Å². The quantitative estimate of drug-likeness (QED) is 0.327. The monoisotopic (exact) mass is 521 g/mol. The van der Waals surface area contributed by atoms with Gasteiger partial charge in [-0.05, 0) is 67.2 Å². The van der Waals surface area contributed by atoms with Crippen LogP contribution in [-0.2, 0) is 19.6 Å². The molecule has 0 aromatic heterocycles. The van der Waals surface area contributed by atoms with Crippen LogP contribution < -0.4 is 15.5 Å². The molecule has 0 saturated carbocycles. The summed E-state index contributed by atoms with van der Waals surface area (Å²) in [5, 5.41) is 6.84. The fourth-order valence-corrected chi connectivity index (χ4v) is 3.70. The molecule has 0 radical (unpaired) electrons. The average Bonchev–Trinajstić information content (AvgIpc) is 3.23. The summed E-state index contributed by atoms with van der Waals surface area (Å²) in [6.45, 7) is 7.23. The highest BCUT2D eigenvalue weighted by Gasteiger charge is 2.11. The molecule has 2 aromatic rings. The molecule has 2 N–H and O–H groups in total. The first kappa shape index (κ1) is 24.5. The van der Waals surface area contributed by atoms with Crippen molar-refractivity contribution in [3.63, 3.8) is 0 Å². The van der Waals surface area contributed by atoms with Crippen LogP contribution >= 0.6 is 24.0 Å². The second-order valence-electron chi connectivity index (χ2n) is 8.08. The number of anilines is 1. The third-order valence-electron chi connectivity index (χ3n) is 5.60. The van der Waals surface area contributed by atoms with E-state index in [0.717, 1.165) is 25.6 Å². The molecule has 0 bridgehead atoms. The van der Waals surface area contributed by atoms with Crippen LogP contribution in [0.25, 0.3) is 0 Å². The Morgan fingerprint density at radius 1 is 0.967 bits per heavy atom. The van der Waals surface area contributed by atoms with Crippen LogP contribution in [0.4, 0.5) is 5.69 Å². The summed E-state index contributed by atoms with van der Waals surface area (Å²) in [5.41, 5.74) is 6.46. The molecule has 1 heterocycles. The fourth-order valence-electron chi connectivity index (χ4n) is 3.70. The molecule has 0 spiro atoms. The molecule has 3 rings (SSSR count). The number of benzene rings is 2. The van der Waals surface area contributed by atoms with Gasteiger partial charge >= 0.3 is 0 Å². The summed E-state index contributed by atoms with van der Waals surface area (Å²) in [7, 11) is 5.95.